The average molecular weight is 321 g/mol. The Morgan fingerprint density at radius 2 is 1.89 bits per heavy atom. The molecule has 19 heavy (non-hydrogen) atoms. The lowest BCUT2D eigenvalue weighted by molar-refractivity contribution is 0.0697. The molecule has 2 rings (SSSR count). The van der Waals surface area contributed by atoms with Crippen LogP contribution in [0, 0.1) is 0 Å². The molecule has 0 fully saturated rings. The molecule has 0 atom stereocenters. The Labute approximate surface area is 119 Å². The Bertz CT molecular complexity index is 597. The third-order valence-electron chi connectivity index (χ3n) is 2.69. The van der Waals surface area contributed by atoms with Gasteiger partial charge in [-0.15, -0.1) is 0 Å². The molecule has 5 heteroatoms. The Hall–Kier alpha value is -2.01. The number of anilines is 2. The number of benzene rings is 2. The van der Waals surface area contributed by atoms with Gasteiger partial charge in [-0.3, -0.25) is 0 Å². The van der Waals surface area contributed by atoms with Crippen molar-refractivity contribution < 1.29 is 9.90 Å². The molecule has 0 unspecified atom stereocenters. The molecule has 4 N–H and O–H groups in total. The summed E-state index contributed by atoms with van der Waals surface area (Å²) in [4.78, 5) is 10.8. The second-order valence-electron chi connectivity index (χ2n) is 4.09. The first-order chi connectivity index (χ1) is 9.06. The zero-order valence-electron chi connectivity index (χ0n) is 10.1. The van der Waals surface area contributed by atoms with Crippen LogP contribution in [0.4, 0.5) is 11.4 Å². The fraction of sp³-hybridized carbons (Fsp3) is 0.0714. The van der Waals surface area contributed by atoms with E-state index in [4.69, 9.17) is 10.8 Å². The van der Waals surface area contributed by atoms with Gasteiger partial charge in [-0.05, 0) is 35.9 Å². The molecule has 0 aromatic heterocycles. The Morgan fingerprint density at radius 3 is 2.47 bits per heavy atom. The van der Waals surface area contributed by atoms with Crippen LogP contribution in [0.3, 0.4) is 0 Å². The SMILES string of the molecule is Nc1cc(C(=O)O)ccc1NCc1ccc(Br)cc1. The summed E-state index contributed by atoms with van der Waals surface area (Å²) in [5.41, 5.74) is 8.27. The van der Waals surface area contributed by atoms with E-state index in [1.807, 2.05) is 24.3 Å². The summed E-state index contributed by atoms with van der Waals surface area (Å²) in [6.45, 7) is 0.629. The minimum Gasteiger partial charge on any atom is -0.478 e. The van der Waals surface area contributed by atoms with Crippen LogP contribution in [0.5, 0.6) is 0 Å². The molecule has 0 aliphatic carbocycles. The van der Waals surface area contributed by atoms with E-state index in [1.165, 1.54) is 12.1 Å². The fourth-order valence-electron chi connectivity index (χ4n) is 1.66. The topological polar surface area (TPSA) is 75.4 Å². The lowest BCUT2D eigenvalue weighted by Crippen LogP contribution is -2.04. The number of carbonyl (C=O) groups is 1. The van der Waals surface area contributed by atoms with E-state index in [0.717, 1.165) is 15.7 Å². The van der Waals surface area contributed by atoms with Crippen molar-refractivity contribution in [1.82, 2.24) is 0 Å². The molecule has 0 heterocycles. The number of hydrogen-bond acceptors (Lipinski definition) is 3. The van der Waals surface area contributed by atoms with Gasteiger partial charge in [0, 0.05) is 11.0 Å². The normalized spacial score (nSPS) is 10.2. The van der Waals surface area contributed by atoms with Gasteiger partial charge in [0.25, 0.3) is 0 Å². The van der Waals surface area contributed by atoms with Crippen LogP contribution in [-0.4, -0.2) is 11.1 Å². The van der Waals surface area contributed by atoms with Gasteiger partial charge in [0.1, 0.15) is 0 Å². The van der Waals surface area contributed by atoms with E-state index in [9.17, 15) is 4.79 Å². The predicted octanol–water partition coefficient (Wildman–Crippen LogP) is 3.34. The van der Waals surface area contributed by atoms with Gasteiger partial charge >= 0.3 is 5.97 Å². The highest BCUT2D eigenvalue weighted by molar-refractivity contribution is 9.10. The van der Waals surface area contributed by atoms with Crippen molar-refractivity contribution in [2.24, 2.45) is 0 Å². The molecular formula is C14H13BrN2O2. The Balaban J connectivity index is 2.07. The molecule has 4 nitrogen and oxygen atoms in total. The first-order valence-electron chi connectivity index (χ1n) is 5.67. The van der Waals surface area contributed by atoms with Crippen LogP contribution >= 0.6 is 15.9 Å². The molecular weight excluding hydrogens is 308 g/mol. The summed E-state index contributed by atoms with van der Waals surface area (Å²) < 4.78 is 1.03. The number of nitrogens with two attached hydrogens (primary N) is 1. The maximum Gasteiger partial charge on any atom is 0.335 e. The molecule has 0 aliphatic rings. The van der Waals surface area contributed by atoms with Gasteiger partial charge in [-0.25, -0.2) is 4.79 Å². The fourth-order valence-corrected chi connectivity index (χ4v) is 1.92. The van der Waals surface area contributed by atoms with E-state index in [0.29, 0.717) is 12.2 Å². The van der Waals surface area contributed by atoms with Gasteiger partial charge in [0.15, 0.2) is 0 Å². The molecule has 0 amide bonds. The summed E-state index contributed by atoms with van der Waals surface area (Å²) in [5.74, 6) is -0.980. The van der Waals surface area contributed by atoms with Gasteiger partial charge in [0.2, 0.25) is 0 Å². The van der Waals surface area contributed by atoms with Crippen molar-refractivity contribution in [3.05, 3.63) is 58.1 Å². The number of nitrogen functional groups attached to an aromatic ring is 1. The van der Waals surface area contributed by atoms with Crippen LogP contribution in [0.1, 0.15) is 15.9 Å². The van der Waals surface area contributed by atoms with E-state index >= 15 is 0 Å². The number of carboxylic acids is 1. The summed E-state index contributed by atoms with van der Waals surface area (Å²) in [7, 11) is 0. The van der Waals surface area contributed by atoms with Crippen LogP contribution in [0.15, 0.2) is 46.9 Å². The van der Waals surface area contributed by atoms with Crippen molar-refractivity contribution in [3.8, 4) is 0 Å². The highest BCUT2D eigenvalue weighted by Gasteiger charge is 2.06. The number of aromatic carboxylic acids is 1. The predicted molar refractivity (Wildman–Crippen MR) is 79.3 cm³/mol. The highest BCUT2D eigenvalue weighted by atomic mass is 79.9. The zero-order chi connectivity index (χ0) is 13.8. The molecule has 0 spiro atoms. The molecule has 0 saturated heterocycles. The van der Waals surface area contributed by atoms with Crippen molar-refractivity contribution in [2.75, 3.05) is 11.1 Å². The first-order valence-corrected chi connectivity index (χ1v) is 6.46. The number of rotatable bonds is 4. The number of halogens is 1. The third-order valence-corrected chi connectivity index (χ3v) is 3.22. The third kappa shape index (κ3) is 3.48. The monoisotopic (exact) mass is 320 g/mol. The summed E-state index contributed by atoms with van der Waals surface area (Å²) in [5, 5.41) is 12.0. The maximum absolute atomic E-state index is 10.8. The second kappa shape index (κ2) is 5.75. The van der Waals surface area contributed by atoms with E-state index in [-0.39, 0.29) is 5.56 Å². The van der Waals surface area contributed by atoms with E-state index < -0.39 is 5.97 Å². The molecule has 0 aliphatic heterocycles. The minimum absolute atomic E-state index is 0.187. The van der Waals surface area contributed by atoms with Gasteiger partial charge < -0.3 is 16.2 Å². The zero-order valence-corrected chi connectivity index (χ0v) is 11.6. The summed E-state index contributed by atoms with van der Waals surface area (Å²) in [6.07, 6.45) is 0. The summed E-state index contributed by atoms with van der Waals surface area (Å²) >= 11 is 3.38. The van der Waals surface area contributed by atoms with Crippen molar-refractivity contribution in [3.63, 3.8) is 0 Å². The average Bonchev–Trinajstić information content (AvgIpc) is 2.39. The van der Waals surface area contributed by atoms with Crippen molar-refractivity contribution in [1.29, 1.82) is 0 Å². The maximum atomic E-state index is 10.8. The van der Waals surface area contributed by atoms with Gasteiger partial charge in [0.05, 0.1) is 16.9 Å². The van der Waals surface area contributed by atoms with Crippen LogP contribution in [-0.2, 0) is 6.54 Å². The van der Waals surface area contributed by atoms with Gasteiger partial charge in [-0.1, -0.05) is 28.1 Å². The molecule has 0 radical (unpaired) electrons. The standard InChI is InChI=1S/C14H13BrN2O2/c15-11-4-1-9(2-5-11)8-17-13-6-3-10(14(18)19)7-12(13)16/h1-7,17H,8,16H2,(H,18,19). The number of hydrogen-bond donors (Lipinski definition) is 3. The largest absolute Gasteiger partial charge is 0.478 e. The molecule has 2 aromatic carbocycles. The highest BCUT2D eigenvalue weighted by Crippen LogP contribution is 2.21. The van der Waals surface area contributed by atoms with Crippen LogP contribution in [0.2, 0.25) is 0 Å². The van der Waals surface area contributed by atoms with E-state index in [1.54, 1.807) is 6.07 Å². The lowest BCUT2D eigenvalue weighted by atomic mass is 10.1. The minimum atomic E-state index is -0.980. The second-order valence-corrected chi connectivity index (χ2v) is 5.00. The lowest BCUT2D eigenvalue weighted by Gasteiger charge is -2.10. The molecule has 0 saturated carbocycles. The van der Waals surface area contributed by atoms with E-state index in [2.05, 4.69) is 21.2 Å². The van der Waals surface area contributed by atoms with Gasteiger partial charge in [-0.2, -0.15) is 0 Å². The molecule has 0 bridgehead atoms. The quantitative estimate of drug-likeness (QED) is 0.755. The first kappa shape index (κ1) is 13.4. The molecule has 2 aromatic rings. The van der Waals surface area contributed by atoms with Crippen molar-refractivity contribution >= 4 is 33.3 Å². The van der Waals surface area contributed by atoms with Crippen LogP contribution < -0.4 is 11.1 Å². The molecule has 98 valence electrons. The van der Waals surface area contributed by atoms with Crippen LogP contribution in [0.25, 0.3) is 0 Å². The Morgan fingerprint density at radius 1 is 1.21 bits per heavy atom. The Kier molecular flexibility index (Phi) is 4.06. The summed E-state index contributed by atoms with van der Waals surface area (Å²) in [6, 6.07) is 12.6. The van der Waals surface area contributed by atoms with Crippen molar-refractivity contribution in [2.45, 2.75) is 6.54 Å². The number of nitrogens with one attached hydrogen (secondary N) is 1. The smallest absolute Gasteiger partial charge is 0.335 e. The number of carboxylic acid groups (broad SMARTS) is 1.